The molecule has 0 fully saturated rings. The van der Waals surface area contributed by atoms with E-state index in [2.05, 4.69) is 38.1 Å². The summed E-state index contributed by atoms with van der Waals surface area (Å²) < 4.78 is 0. The molecule has 3 nitrogen and oxygen atoms in total. The molecule has 0 saturated heterocycles. The van der Waals surface area contributed by atoms with Crippen LogP contribution in [-0.2, 0) is 6.42 Å². The van der Waals surface area contributed by atoms with Crippen molar-refractivity contribution in [1.82, 2.24) is 0 Å². The largest absolute Gasteiger partial charge is 0.477 e. The summed E-state index contributed by atoms with van der Waals surface area (Å²) in [6, 6.07) is 12.2. The van der Waals surface area contributed by atoms with Gasteiger partial charge in [0.1, 0.15) is 4.88 Å². The van der Waals surface area contributed by atoms with E-state index < -0.39 is 5.97 Å². The summed E-state index contributed by atoms with van der Waals surface area (Å²) in [5.74, 6) is -0.258. The van der Waals surface area contributed by atoms with Gasteiger partial charge in [-0.05, 0) is 80.2 Å². The summed E-state index contributed by atoms with van der Waals surface area (Å²) >= 11 is 1.40. The van der Waals surface area contributed by atoms with Gasteiger partial charge in [-0.3, -0.25) is 0 Å². The van der Waals surface area contributed by atoms with Gasteiger partial charge in [-0.1, -0.05) is 56.0 Å². The molecule has 0 saturated carbocycles. The zero-order chi connectivity index (χ0) is 21.5. The molecular formula is C26H34O3S. The second kappa shape index (κ2) is 10.9. The quantitative estimate of drug-likeness (QED) is 0.372. The molecule has 0 spiro atoms. The number of hydrogen-bond acceptors (Lipinski definition) is 3. The van der Waals surface area contributed by atoms with E-state index in [0.29, 0.717) is 10.8 Å². The fourth-order valence-electron chi connectivity index (χ4n) is 4.58. The molecule has 4 heteroatoms. The van der Waals surface area contributed by atoms with Crippen molar-refractivity contribution < 1.29 is 15.0 Å². The highest BCUT2D eigenvalue weighted by atomic mass is 32.1. The van der Waals surface area contributed by atoms with Crippen molar-refractivity contribution in [3.63, 3.8) is 0 Å². The summed E-state index contributed by atoms with van der Waals surface area (Å²) in [7, 11) is 0. The number of carbonyl (C=O) groups is 1. The minimum atomic E-state index is -0.832. The van der Waals surface area contributed by atoms with Crippen LogP contribution in [0.5, 0.6) is 0 Å². The van der Waals surface area contributed by atoms with Gasteiger partial charge < -0.3 is 10.2 Å². The van der Waals surface area contributed by atoms with Crippen molar-refractivity contribution in [2.75, 3.05) is 0 Å². The maximum atomic E-state index is 11.1. The number of aromatic carboxylic acids is 1. The van der Waals surface area contributed by atoms with E-state index in [0.717, 1.165) is 49.0 Å². The third kappa shape index (κ3) is 5.83. The highest BCUT2D eigenvalue weighted by molar-refractivity contribution is 7.13. The molecule has 0 bridgehead atoms. The van der Waals surface area contributed by atoms with Crippen LogP contribution in [0.1, 0.15) is 97.0 Å². The third-order valence-electron chi connectivity index (χ3n) is 6.27. The van der Waals surface area contributed by atoms with Crippen molar-refractivity contribution >= 4 is 22.9 Å². The first-order valence-corrected chi connectivity index (χ1v) is 12.1. The van der Waals surface area contributed by atoms with Gasteiger partial charge in [0.15, 0.2) is 0 Å². The van der Waals surface area contributed by atoms with E-state index >= 15 is 0 Å². The topological polar surface area (TPSA) is 57.5 Å². The van der Waals surface area contributed by atoms with Crippen LogP contribution in [0.3, 0.4) is 0 Å². The molecule has 3 rings (SSSR count). The Bertz CT molecular complexity index is 863. The highest BCUT2D eigenvalue weighted by Crippen LogP contribution is 2.41. The molecule has 2 aromatic rings. The number of carboxylic acids is 1. The Morgan fingerprint density at radius 1 is 1.13 bits per heavy atom. The second-order valence-electron chi connectivity index (χ2n) is 8.53. The van der Waals surface area contributed by atoms with Gasteiger partial charge in [0.05, 0.1) is 6.10 Å². The van der Waals surface area contributed by atoms with E-state index in [4.69, 9.17) is 5.11 Å². The summed E-state index contributed by atoms with van der Waals surface area (Å²) in [4.78, 5) is 12.6. The minimum absolute atomic E-state index is 0.360. The molecule has 1 heterocycles. The van der Waals surface area contributed by atoms with E-state index in [1.54, 1.807) is 6.07 Å². The summed E-state index contributed by atoms with van der Waals surface area (Å²) in [5.41, 5.74) is 5.29. The van der Waals surface area contributed by atoms with Gasteiger partial charge in [0.25, 0.3) is 0 Å². The monoisotopic (exact) mass is 426 g/mol. The number of thiophene rings is 1. The molecule has 2 N–H and O–H groups in total. The van der Waals surface area contributed by atoms with Crippen molar-refractivity contribution in [2.45, 2.75) is 77.7 Å². The van der Waals surface area contributed by atoms with Crippen LogP contribution in [0.25, 0.3) is 5.57 Å². The Labute approximate surface area is 184 Å². The number of aryl methyl sites for hydroxylation is 1. The normalized spacial score (nSPS) is 17.5. The number of aliphatic hydroxyl groups excluding tert-OH is 1. The van der Waals surface area contributed by atoms with Crippen LogP contribution in [-0.4, -0.2) is 16.2 Å². The minimum Gasteiger partial charge on any atom is -0.477 e. The first-order valence-electron chi connectivity index (χ1n) is 11.3. The maximum Gasteiger partial charge on any atom is 0.345 e. The molecule has 1 aliphatic rings. The molecule has 2 atom stereocenters. The fourth-order valence-corrected chi connectivity index (χ4v) is 5.47. The van der Waals surface area contributed by atoms with E-state index in [1.165, 1.54) is 47.3 Å². The van der Waals surface area contributed by atoms with E-state index in [-0.39, 0.29) is 6.10 Å². The van der Waals surface area contributed by atoms with Gasteiger partial charge in [0, 0.05) is 4.88 Å². The van der Waals surface area contributed by atoms with Gasteiger partial charge >= 0.3 is 5.97 Å². The average Bonchev–Trinajstić information content (AvgIpc) is 3.35. The molecular weight excluding hydrogens is 392 g/mol. The predicted octanol–water partition coefficient (Wildman–Crippen LogP) is 7.27. The molecule has 162 valence electrons. The first-order chi connectivity index (χ1) is 14.5. The molecule has 1 unspecified atom stereocenters. The van der Waals surface area contributed by atoms with Crippen molar-refractivity contribution in [2.24, 2.45) is 5.92 Å². The molecule has 1 aliphatic carbocycles. The summed E-state index contributed by atoms with van der Waals surface area (Å²) in [6.07, 6.45) is 9.42. The first kappa shape index (κ1) is 22.8. The Morgan fingerprint density at radius 3 is 2.57 bits per heavy atom. The van der Waals surface area contributed by atoms with Gasteiger partial charge in [-0.25, -0.2) is 4.79 Å². The van der Waals surface area contributed by atoms with Crippen molar-refractivity contribution in [1.29, 1.82) is 0 Å². The summed E-state index contributed by atoms with van der Waals surface area (Å²) in [6.45, 7) is 4.43. The Kier molecular flexibility index (Phi) is 8.29. The molecule has 0 amide bonds. The summed E-state index contributed by atoms with van der Waals surface area (Å²) in [5, 5.41) is 19.5. The second-order valence-corrected chi connectivity index (χ2v) is 9.69. The zero-order valence-corrected chi connectivity index (χ0v) is 19.0. The Hall–Kier alpha value is -1.91. The molecule has 0 aliphatic heterocycles. The SMILES string of the molecule is CCCCCC(O)c1ccc(C2=C(C)CC[C@@H]2CCCc2ccc(C(=O)O)s2)cc1. The lowest BCUT2D eigenvalue weighted by molar-refractivity contribution is 0.0702. The number of unbranched alkanes of at least 4 members (excludes halogenated alkanes) is 2. The van der Waals surface area contributed by atoms with Gasteiger partial charge in [-0.2, -0.15) is 0 Å². The standard InChI is InChI=1S/C26H34O3S/c1-3-4-5-9-23(27)19-12-14-21(15-13-19)25-18(2)10-11-20(25)7-6-8-22-16-17-24(30-22)26(28)29/h12-17,20,23,27H,3-11H2,1-2H3,(H,28,29)/t20-,23?/m0/s1. The lowest BCUT2D eigenvalue weighted by Gasteiger charge is -2.17. The average molecular weight is 427 g/mol. The number of benzene rings is 1. The van der Waals surface area contributed by atoms with Crippen molar-refractivity contribution in [3.8, 4) is 0 Å². The van der Waals surface area contributed by atoms with E-state index in [1.807, 2.05) is 6.07 Å². The maximum absolute atomic E-state index is 11.1. The van der Waals surface area contributed by atoms with Crippen LogP contribution in [0, 0.1) is 5.92 Å². The van der Waals surface area contributed by atoms with Crippen LogP contribution in [0.4, 0.5) is 0 Å². The number of carboxylic acid groups (broad SMARTS) is 1. The fraction of sp³-hybridized carbons (Fsp3) is 0.500. The van der Waals surface area contributed by atoms with Crippen molar-refractivity contribution in [3.05, 3.63) is 62.9 Å². The Balaban J connectivity index is 1.58. The number of rotatable bonds is 11. The third-order valence-corrected chi connectivity index (χ3v) is 7.40. The number of allylic oxidation sites excluding steroid dienone is 2. The van der Waals surface area contributed by atoms with Gasteiger partial charge in [-0.15, -0.1) is 11.3 Å². The van der Waals surface area contributed by atoms with E-state index in [9.17, 15) is 9.90 Å². The highest BCUT2D eigenvalue weighted by Gasteiger charge is 2.24. The van der Waals surface area contributed by atoms with Crippen LogP contribution >= 0.6 is 11.3 Å². The van der Waals surface area contributed by atoms with Crippen LogP contribution < -0.4 is 0 Å². The van der Waals surface area contributed by atoms with Crippen LogP contribution in [0.15, 0.2) is 42.0 Å². The van der Waals surface area contributed by atoms with Gasteiger partial charge in [0.2, 0.25) is 0 Å². The molecule has 1 aromatic carbocycles. The lowest BCUT2D eigenvalue weighted by Crippen LogP contribution is -2.02. The zero-order valence-electron chi connectivity index (χ0n) is 18.2. The smallest absolute Gasteiger partial charge is 0.345 e. The predicted molar refractivity (Wildman–Crippen MR) is 125 cm³/mol. The molecule has 1 aromatic heterocycles. The number of aliphatic hydroxyl groups is 1. The molecule has 0 radical (unpaired) electrons. The van der Waals surface area contributed by atoms with Crippen LogP contribution in [0.2, 0.25) is 0 Å². The Morgan fingerprint density at radius 2 is 1.90 bits per heavy atom. The lowest BCUT2D eigenvalue weighted by atomic mass is 9.88. The molecule has 30 heavy (non-hydrogen) atoms. The number of hydrogen-bond donors (Lipinski definition) is 2.